The van der Waals surface area contributed by atoms with Crippen molar-refractivity contribution in [3.63, 3.8) is 0 Å². The average molecular weight is 303 g/mol. The van der Waals surface area contributed by atoms with Crippen LogP contribution in [-0.4, -0.2) is 37.5 Å². The number of benzene rings is 1. The molecule has 0 atom stereocenters. The molecule has 1 spiro atoms. The highest BCUT2D eigenvalue weighted by Gasteiger charge is 2.45. The quantitative estimate of drug-likeness (QED) is 0.925. The summed E-state index contributed by atoms with van der Waals surface area (Å²) < 4.78 is 5.19. The average Bonchev–Trinajstić information content (AvgIpc) is 2.96. The lowest BCUT2D eigenvalue weighted by atomic mass is 9.68. The Balaban J connectivity index is 1.62. The van der Waals surface area contributed by atoms with Gasteiger partial charge in [0.15, 0.2) is 0 Å². The Hall–Kier alpha value is -1.06. The summed E-state index contributed by atoms with van der Waals surface area (Å²) in [5, 5.41) is 10.5. The molecule has 3 rings (SSSR count). The van der Waals surface area contributed by atoms with Gasteiger partial charge in [-0.25, -0.2) is 0 Å². The van der Waals surface area contributed by atoms with E-state index in [1.165, 1.54) is 17.7 Å². The number of nitrogens with zero attached hydrogens (tertiary/aromatic N) is 1. The molecule has 0 radical (unpaired) electrons. The predicted molar refractivity (Wildman–Crippen MR) is 90.4 cm³/mol. The summed E-state index contributed by atoms with van der Waals surface area (Å²) in [5.41, 5.74) is 2.58. The number of rotatable bonds is 4. The van der Waals surface area contributed by atoms with Gasteiger partial charge in [0.05, 0.1) is 12.2 Å². The highest BCUT2D eigenvalue weighted by molar-refractivity contribution is 5.49. The molecule has 1 aromatic rings. The molecule has 1 N–H and O–H groups in total. The maximum atomic E-state index is 10.5. The van der Waals surface area contributed by atoms with Crippen LogP contribution in [0.5, 0.6) is 0 Å². The Bertz CT molecular complexity index is 489. The Kier molecular flexibility index (Phi) is 4.47. The summed E-state index contributed by atoms with van der Waals surface area (Å²) in [4.78, 5) is 2.53. The van der Waals surface area contributed by atoms with E-state index in [0.29, 0.717) is 12.0 Å². The van der Waals surface area contributed by atoms with E-state index in [0.717, 1.165) is 45.2 Å². The van der Waals surface area contributed by atoms with E-state index in [4.69, 9.17) is 4.74 Å². The smallest absolute Gasteiger partial charge is 0.0880 e. The lowest BCUT2D eigenvalue weighted by Gasteiger charge is -2.41. The van der Waals surface area contributed by atoms with Crippen molar-refractivity contribution in [3.8, 4) is 0 Å². The SMILES string of the molecule is CCc1ccc(N2CC[C@]3(CC[C@@](O)(COC)CC3)C2)cc1. The number of hydrogen-bond acceptors (Lipinski definition) is 3. The molecular formula is C19H29NO2. The lowest BCUT2D eigenvalue weighted by molar-refractivity contribution is -0.0766. The first-order chi connectivity index (χ1) is 10.6. The van der Waals surface area contributed by atoms with Gasteiger partial charge in [0.25, 0.3) is 0 Å². The summed E-state index contributed by atoms with van der Waals surface area (Å²) in [6.07, 6.45) is 6.35. The van der Waals surface area contributed by atoms with Gasteiger partial charge in [0.2, 0.25) is 0 Å². The molecule has 0 unspecified atom stereocenters. The molecule has 1 aliphatic carbocycles. The molecule has 0 bridgehead atoms. The zero-order valence-corrected chi connectivity index (χ0v) is 14.0. The minimum Gasteiger partial charge on any atom is -0.387 e. The van der Waals surface area contributed by atoms with Crippen LogP contribution >= 0.6 is 0 Å². The second-order valence-corrected chi connectivity index (χ2v) is 7.35. The third-order valence-corrected chi connectivity index (χ3v) is 5.80. The molecule has 2 fully saturated rings. The van der Waals surface area contributed by atoms with Gasteiger partial charge in [-0.3, -0.25) is 0 Å². The van der Waals surface area contributed by atoms with Crippen LogP contribution in [0.4, 0.5) is 5.69 Å². The second kappa shape index (κ2) is 6.21. The Morgan fingerprint density at radius 2 is 1.77 bits per heavy atom. The van der Waals surface area contributed by atoms with Gasteiger partial charge in [0.1, 0.15) is 0 Å². The number of ether oxygens (including phenoxy) is 1. The van der Waals surface area contributed by atoms with Gasteiger partial charge in [-0.1, -0.05) is 19.1 Å². The van der Waals surface area contributed by atoms with Gasteiger partial charge in [-0.05, 0) is 61.6 Å². The lowest BCUT2D eigenvalue weighted by Crippen LogP contribution is -2.43. The number of aryl methyl sites for hydroxylation is 1. The van der Waals surface area contributed by atoms with Gasteiger partial charge < -0.3 is 14.7 Å². The van der Waals surface area contributed by atoms with Crippen LogP contribution in [0.2, 0.25) is 0 Å². The van der Waals surface area contributed by atoms with Crippen molar-refractivity contribution in [1.29, 1.82) is 0 Å². The van der Waals surface area contributed by atoms with E-state index in [1.807, 2.05) is 0 Å². The Morgan fingerprint density at radius 1 is 1.09 bits per heavy atom. The van der Waals surface area contributed by atoms with Crippen LogP contribution in [0.1, 0.15) is 44.6 Å². The highest BCUT2D eigenvalue weighted by atomic mass is 16.5. The predicted octanol–water partition coefficient (Wildman–Crippen LogP) is 3.40. The van der Waals surface area contributed by atoms with Crippen LogP contribution in [-0.2, 0) is 11.2 Å². The molecule has 22 heavy (non-hydrogen) atoms. The summed E-state index contributed by atoms with van der Waals surface area (Å²) in [7, 11) is 1.68. The van der Waals surface area contributed by atoms with Crippen molar-refractivity contribution in [2.75, 3.05) is 31.7 Å². The second-order valence-electron chi connectivity index (χ2n) is 7.35. The number of aliphatic hydroxyl groups is 1. The first kappa shape index (κ1) is 15.8. The standard InChI is InChI=1S/C19H29NO2/c1-3-16-4-6-17(7-5-16)20-13-12-18(14-20)8-10-19(21,11-9-18)15-22-2/h4-7,21H,3,8-15H2,1-2H3/t18-,19+. The molecule has 2 aliphatic rings. The van der Waals surface area contributed by atoms with Gasteiger partial charge >= 0.3 is 0 Å². The molecule has 122 valence electrons. The fraction of sp³-hybridized carbons (Fsp3) is 0.684. The van der Waals surface area contributed by atoms with Crippen LogP contribution in [0.25, 0.3) is 0 Å². The van der Waals surface area contributed by atoms with E-state index in [-0.39, 0.29) is 0 Å². The normalized spacial score (nSPS) is 31.9. The van der Waals surface area contributed by atoms with Crippen LogP contribution in [0, 0.1) is 5.41 Å². The van der Waals surface area contributed by atoms with E-state index in [1.54, 1.807) is 7.11 Å². The summed E-state index contributed by atoms with van der Waals surface area (Å²) in [5.74, 6) is 0. The molecule has 1 heterocycles. The van der Waals surface area contributed by atoms with Crippen LogP contribution < -0.4 is 4.90 Å². The monoisotopic (exact) mass is 303 g/mol. The Labute approximate surface area is 134 Å². The van der Waals surface area contributed by atoms with Gasteiger partial charge in [0, 0.05) is 25.9 Å². The minimum atomic E-state index is -0.587. The summed E-state index contributed by atoms with van der Waals surface area (Å²) >= 11 is 0. The first-order valence-corrected chi connectivity index (χ1v) is 8.63. The molecule has 3 heteroatoms. The zero-order valence-electron chi connectivity index (χ0n) is 14.0. The van der Waals surface area contributed by atoms with Gasteiger partial charge in [-0.2, -0.15) is 0 Å². The molecular weight excluding hydrogens is 274 g/mol. The van der Waals surface area contributed by atoms with Crippen molar-refractivity contribution in [2.45, 2.75) is 51.0 Å². The molecule has 1 saturated carbocycles. The molecule has 0 amide bonds. The number of anilines is 1. The van der Waals surface area contributed by atoms with E-state index in [2.05, 4.69) is 36.1 Å². The minimum absolute atomic E-state index is 0.406. The zero-order chi connectivity index (χ0) is 15.6. The third-order valence-electron chi connectivity index (χ3n) is 5.80. The maximum Gasteiger partial charge on any atom is 0.0880 e. The van der Waals surface area contributed by atoms with Crippen molar-refractivity contribution in [3.05, 3.63) is 29.8 Å². The number of methoxy groups -OCH3 is 1. The summed E-state index contributed by atoms with van der Waals surface area (Å²) in [6, 6.07) is 9.03. The molecule has 0 aromatic heterocycles. The fourth-order valence-electron chi connectivity index (χ4n) is 4.16. The number of hydrogen-bond donors (Lipinski definition) is 1. The van der Waals surface area contributed by atoms with Crippen molar-refractivity contribution >= 4 is 5.69 Å². The molecule has 1 saturated heterocycles. The van der Waals surface area contributed by atoms with E-state index < -0.39 is 5.60 Å². The topological polar surface area (TPSA) is 32.7 Å². The largest absolute Gasteiger partial charge is 0.387 e. The highest BCUT2D eigenvalue weighted by Crippen LogP contribution is 2.47. The summed E-state index contributed by atoms with van der Waals surface area (Å²) in [6.45, 7) is 4.96. The van der Waals surface area contributed by atoms with Crippen LogP contribution in [0.15, 0.2) is 24.3 Å². The third kappa shape index (κ3) is 3.16. The van der Waals surface area contributed by atoms with Gasteiger partial charge in [-0.15, -0.1) is 0 Å². The Morgan fingerprint density at radius 3 is 2.36 bits per heavy atom. The van der Waals surface area contributed by atoms with E-state index >= 15 is 0 Å². The van der Waals surface area contributed by atoms with E-state index in [9.17, 15) is 5.11 Å². The molecule has 3 nitrogen and oxygen atoms in total. The van der Waals surface area contributed by atoms with Crippen molar-refractivity contribution in [2.24, 2.45) is 5.41 Å². The van der Waals surface area contributed by atoms with Crippen molar-refractivity contribution < 1.29 is 9.84 Å². The van der Waals surface area contributed by atoms with Crippen LogP contribution in [0.3, 0.4) is 0 Å². The fourth-order valence-corrected chi connectivity index (χ4v) is 4.16. The first-order valence-electron chi connectivity index (χ1n) is 8.63. The van der Waals surface area contributed by atoms with Crippen molar-refractivity contribution in [1.82, 2.24) is 0 Å². The maximum absolute atomic E-state index is 10.5. The molecule has 1 aromatic carbocycles. The molecule has 1 aliphatic heterocycles.